The van der Waals surface area contributed by atoms with Gasteiger partial charge < -0.3 is 10.2 Å². The lowest BCUT2D eigenvalue weighted by Gasteiger charge is -2.39. The van der Waals surface area contributed by atoms with Crippen LogP contribution in [0, 0.1) is 18.2 Å². The van der Waals surface area contributed by atoms with Crippen molar-refractivity contribution in [2.75, 3.05) is 26.2 Å². The number of piperidine rings is 1. The van der Waals surface area contributed by atoms with E-state index in [1.54, 1.807) is 30.0 Å². The van der Waals surface area contributed by atoms with Crippen molar-refractivity contribution in [2.45, 2.75) is 26.2 Å². The minimum Gasteiger partial charge on any atom is -0.339 e. The maximum atomic E-state index is 14.0. The zero-order valence-corrected chi connectivity index (χ0v) is 13.1. The number of carbonyl (C=O) groups is 1. The number of benzene rings is 1. The van der Waals surface area contributed by atoms with E-state index >= 15 is 0 Å². The predicted molar refractivity (Wildman–Crippen MR) is 83.4 cm³/mol. The van der Waals surface area contributed by atoms with Crippen LogP contribution in [0.3, 0.4) is 0 Å². The van der Waals surface area contributed by atoms with Gasteiger partial charge in [0, 0.05) is 19.6 Å². The molecule has 116 valence electrons. The van der Waals surface area contributed by atoms with Gasteiger partial charge in [0.15, 0.2) is 0 Å². The van der Waals surface area contributed by atoms with E-state index < -0.39 is 0 Å². The Morgan fingerprint density at radius 2 is 2.00 bits per heavy atom. The van der Waals surface area contributed by atoms with Crippen LogP contribution in [-0.2, 0) is 0 Å². The first-order chi connectivity index (χ1) is 9.61. The number of nitrogens with one attached hydrogen (secondary N) is 1. The van der Waals surface area contributed by atoms with Crippen molar-refractivity contribution in [3.8, 4) is 0 Å². The molecule has 2 aliphatic heterocycles. The monoisotopic (exact) mass is 312 g/mol. The second-order valence-electron chi connectivity index (χ2n) is 6.16. The fourth-order valence-corrected chi connectivity index (χ4v) is 3.39. The molecule has 1 amide bonds. The molecule has 3 rings (SSSR count). The number of aryl methyl sites for hydroxylation is 1. The Hall–Kier alpha value is -1.13. The van der Waals surface area contributed by atoms with Crippen LogP contribution in [0.4, 0.5) is 4.39 Å². The van der Waals surface area contributed by atoms with Crippen molar-refractivity contribution < 1.29 is 9.18 Å². The smallest absolute Gasteiger partial charge is 0.256 e. The molecule has 21 heavy (non-hydrogen) atoms. The van der Waals surface area contributed by atoms with Crippen LogP contribution < -0.4 is 5.32 Å². The van der Waals surface area contributed by atoms with Gasteiger partial charge in [-0.25, -0.2) is 4.39 Å². The van der Waals surface area contributed by atoms with E-state index in [1.807, 2.05) is 0 Å². The highest BCUT2D eigenvalue weighted by Gasteiger charge is 2.38. The summed E-state index contributed by atoms with van der Waals surface area (Å²) >= 11 is 0. The van der Waals surface area contributed by atoms with E-state index in [4.69, 9.17) is 0 Å². The van der Waals surface area contributed by atoms with Crippen molar-refractivity contribution in [2.24, 2.45) is 5.41 Å². The Morgan fingerprint density at radius 3 is 2.62 bits per heavy atom. The maximum Gasteiger partial charge on any atom is 0.256 e. The van der Waals surface area contributed by atoms with Crippen molar-refractivity contribution in [3.63, 3.8) is 0 Å². The van der Waals surface area contributed by atoms with E-state index in [0.29, 0.717) is 11.0 Å². The lowest BCUT2D eigenvalue weighted by molar-refractivity contribution is 0.0603. The van der Waals surface area contributed by atoms with Crippen molar-refractivity contribution in [3.05, 3.63) is 35.1 Å². The molecule has 0 unspecified atom stereocenters. The van der Waals surface area contributed by atoms with Gasteiger partial charge in [-0.1, -0.05) is 12.1 Å². The van der Waals surface area contributed by atoms with Gasteiger partial charge in [-0.2, -0.15) is 0 Å². The largest absolute Gasteiger partial charge is 0.339 e. The molecule has 2 fully saturated rings. The Balaban J connectivity index is 0.00000161. The fraction of sp³-hybridized carbons (Fsp3) is 0.562. The number of carbonyl (C=O) groups excluding carboxylic acids is 1. The average molecular weight is 313 g/mol. The van der Waals surface area contributed by atoms with E-state index in [9.17, 15) is 9.18 Å². The van der Waals surface area contributed by atoms with Gasteiger partial charge >= 0.3 is 0 Å². The lowest BCUT2D eigenvalue weighted by atomic mass is 9.78. The summed E-state index contributed by atoms with van der Waals surface area (Å²) in [4.78, 5) is 14.3. The Morgan fingerprint density at radius 1 is 1.29 bits per heavy atom. The minimum absolute atomic E-state index is 0. The van der Waals surface area contributed by atoms with Crippen LogP contribution in [0.15, 0.2) is 18.2 Å². The van der Waals surface area contributed by atoms with Crippen molar-refractivity contribution >= 4 is 18.3 Å². The molecule has 5 heteroatoms. The van der Waals surface area contributed by atoms with Crippen LogP contribution in [0.2, 0.25) is 0 Å². The summed E-state index contributed by atoms with van der Waals surface area (Å²) in [6, 6.07) is 5.03. The molecule has 0 radical (unpaired) electrons. The molecule has 3 nitrogen and oxygen atoms in total. The Labute approximate surface area is 131 Å². The Bertz CT molecular complexity index is 519. The lowest BCUT2D eigenvalue weighted by Crippen LogP contribution is -2.44. The molecule has 1 N–H and O–H groups in total. The van der Waals surface area contributed by atoms with Crippen molar-refractivity contribution in [1.29, 1.82) is 0 Å². The molecule has 0 aliphatic carbocycles. The number of likely N-dealkylation sites (tertiary alicyclic amines) is 1. The molecule has 2 aliphatic rings. The zero-order chi connectivity index (χ0) is 14.2. The number of hydrogen-bond acceptors (Lipinski definition) is 2. The standard InChI is InChI=1S/C16H21FN2O.ClH/c1-12-3-2-4-13(14(12)17)15(20)19-9-6-16(7-10-19)5-8-18-11-16;/h2-4,18H,5-11H2,1H3;1H. The van der Waals surface area contributed by atoms with E-state index in [1.165, 1.54) is 6.42 Å². The molecule has 0 aromatic heterocycles. The van der Waals surface area contributed by atoms with Crippen LogP contribution in [-0.4, -0.2) is 37.0 Å². The normalized spacial score (nSPS) is 20.4. The SMILES string of the molecule is Cc1cccc(C(=O)N2CCC3(CCNC3)CC2)c1F.Cl. The van der Waals surface area contributed by atoms with Crippen LogP contribution >= 0.6 is 12.4 Å². The number of nitrogens with zero attached hydrogens (tertiary/aromatic N) is 1. The van der Waals surface area contributed by atoms with Crippen LogP contribution in [0.25, 0.3) is 0 Å². The molecule has 1 spiro atoms. The molecular formula is C16H22ClFN2O. The molecule has 2 heterocycles. The van der Waals surface area contributed by atoms with Gasteiger partial charge in [0.2, 0.25) is 0 Å². The molecule has 1 aromatic carbocycles. The minimum atomic E-state index is -0.375. The zero-order valence-electron chi connectivity index (χ0n) is 12.3. The van der Waals surface area contributed by atoms with Crippen molar-refractivity contribution in [1.82, 2.24) is 10.2 Å². The summed E-state index contributed by atoms with van der Waals surface area (Å²) in [6.07, 6.45) is 3.26. The van der Waals surface area contributed by atoms with Gasteiger partial charge in [0.1, 0.15) is 5.82 Å². The summed E-state index contributed by atoms with van der Waals surface area (Å²) in [7, 11) is 0. The van der Waals surface area contributed by atoms with Gasteiger partial charge in [-0.05, 0) is 49.8 Å². The van der Waals surface area contributed by atoms with Gasteiger partial charge in [0.05, 0.1) is 5.56 Å². The molecule has 1 aromatic rings. The number of halogens is 2. The average Bonchev–Trinajstić information content (AvgIpc) is 2.90. The third-order valence-corrected chi connectivity index (χ3v) is 4.87. The number of hydrogen-bond donors (Lipinski definition) is 1. The first-order valence-electron chi connectivity index (χ1n) is 7.36. The molecule has 0 atom stereocenters. The summed E-state index contributed by atoms with van der Waals surface area (Å²) in [5, 5.41) is 3.41. The highest BCUT2D eigenvalue weighted by atomic mass is 35.5. The van der Waals surface area contributed by atoms with Crippen LogP contribution in [0.5, 0.6) is 0 Å². The van der Waals surface area contributed by atoms with E-state index in [0.717, 1.165) is 39.0 Å². The van der Waals surface area contributed by atoms with Crippen LogP contribution in [0.1, 0.15) is 35.2 Å². The van der Waals surface area contributed by atoms with E-state index in [2.05, 4.69) is 5.32 Å². The number of rotatable bonds is 1. The second kappa shape index (κ2) is 6.32. The molecular weight excluding hydrogens is 291 g/mol. The van der Waals surface area contributed by atoms with Gasteiger partial charge in [-0.15, -0.1) is 12.4 Å². The first-order valence-corrected chi connectivity index (χ1v) is 7.36. The third kappa shape index (κ3) is 3.06. The summed E-state index contributed by atoms with van der Waals surface area (Å²) in [5.41, 5.74) is 1.12. The quantitative estimate of drug-likeness (QED) is 0.865. The fourth-order valence-electron chi connectivity index (χ4n) is 3.39. The Kier molecular flexibility index (Phi) is 4.89. The first kappa shape index (κ1) is 16.2. The van der Waals surface area contributed by atoms with Gasteiger partial charge in [0.25, 0.3) is 5.91 Å². The summed E-state index contributed by atoms with van der Waals surface area (Å²) in [6.45, 7) is 5.33. The highest BCUT2D eigenvalue weighted by Crippen LogP contribution is 2.37. The second-order valence-corrected chi connectivity index (χ2v) is 6.16. The predicted octanol–water partition coefficient (Wildman–Crippen LogP) is 2.77. The van der Waals surface area contributed by atoms with Gasteiger partial charge in [-0.3, -0.25) is 4.79 Å². The summed E-state index contributed by atoms with van der Waals surface area (Å²) in [5.74, 6) is -0.535. The third-order valence-electron chi connectivity index (χ3n) is 4.87. The highest BCUT2D eigenvalue weighted by molar-refractivity contribution is 5.94. The molecule has 2 saturated heterocycles. The topological polar surface area (TPSA) is 32.3 Å². The number of amides is 1. The molecule has 0 bridgehead atoms. The molecule has 0 saturated carbocycles. The van der Waals surface area contributed by atoms with E-state index in [-0.39, 0.29) is 29.7 Å². The maximum absolute atomic E-state index is 14.0. The summed E-state index contributed by atoms with van der Waals surface area (Å²) < 4.78 is 14.0.